The summed E-state index contributed by atoms with van der Waals surface area (Å²) in [5, 5.41) is 0. The van der Waals surface area contributed by atoms with Crippen molar-refractivity contribution < 1.29 is 14.3 Å². The van der Waals surface area contributed by atoms with Crippen LogP contribution in [0.15, 0.2) is 30.3 Å². The maximum atomic E-state index is 11.5. The summed E-state index contributed by atoms with van der Waals surface area (Å²) in [7, 11) is 0. The minimum absolute atomic E-state index is 0.138. The molecule has 2 N–H and O–H groups in total. The number of Topliss-reactive ketones (excluding diaryl/α,β-unsaturated/α-hetero) is 1. The molecule has 0 amide bonds. The zero-order valence-corrected chi connectivity index (χ0v) is 9.67. The minimum Gasteiger partial charge on any atom is -0.449 e. The smallest absolute Gasteiger partial charge is 0.294 e. The topological polar surface area (TPSA) is 69.4 Å². The molecule has 1 aromatic carbocycles. The van der Waals surface area contributed by atoms with Crippen molar-refractivity contribution in [1.82, 2.24) is 0 Å². The third-order valence-electron chi connectivity index (χ3n) is 2.47. The van der Waals surface area contributed by atoms with Crippen molar-refractivity contribution in [1.29, 1.82) is 0 Å². The normalized spacial score (nSPS) is 11.8. The average Bonchev–Trinajstić information content (AvgIpc) is 2.35. The number of nitrogens with two attached hydrogens (primary N) is 1. The van der Waals surface area contributed by atoms with Crippen molar-refractivity contribution in [2.75, 3.05) is 0 Å². The van der Waals surface area contributed by atoms with Gasteiger partial charge in [0.15, 0.2) is 6.23 Å². The minimum atomic E-state index is -0.673. The highest BCUT2D eigenvalue weighted by molar-refractivity contribution is 5.78. The van der Waals surface area contributed by atoms with Gasteiger partial charge in [-0.1, -0.05) is 30.3 Å². The van der Waals surface area contributed by atoms with Crippen LogP contribution in [0, 0.1) is 0 Å². The van der Waals surface area contributed by atoms with Crippen molar-refractivity contribution in [3.63, 3.8) is 0 Å². The van der Waals surface area contributed by atoms with Crippen molar-refractivity contribution in [2.45, 2.75) is 31.9 Å². The van der Waals surface area contributed by atoms with Crippen LogP contribution in [-0.2, 0) is 20.7 Å². The van der Waals surface area contributed by atoms with Crippen LogP contribution in [0.2, 0.25) is 0 Å². The van der Waals surface area contributed by atoms with Gasteiger partial charge in [0.2, 0.25) is 0 Å². The highest BCUT2D eigenvalue weighted by atomic mass is 16.5. The molecule has 0 radical (unpaired) electrons. The Morgan fingerprint density at radius 3 is 2.65 bits per heavy atom. The lowest BCUT2D eigenvalue weighted by atomic mass is 10.1. The van der Waals surface area contributed by atoms with E-state index in [0.29, 0.717) is 25.7 Å². The van der Waals surface area contributed by atoms with Gasteiger partial charge in [-0.3, -0.25) is 15.3 Å². The third-order valence-corrected chi connectivity index (χ3v) is 2.47. The molecule has 0 saturated carbocycles. The summed E-state index contributed by atoms with van der Waals surface area (Å²) in [6, 6.07) is 9.84. The molecule has 17 heavy (non-hydrogen) atoms. The summed E-state index contributed by atoms with van der Waals surface area (Å²) < 4.78 is 4.50. The lowest BCUT2D eigenvalue weighted by molar-refractivity contribution is -0.134. The SMILES string of the molecule is NC(CCC(=O)CCc1ccccc1)OC=O. The fourth-order valence-corrected chi connectivity index (χ4v) is 1.50. The molecule has 1 aromatic rings. The van der Waals surface area contributed by atoms with Gasteiger partial charge in [-0.15, -0.1) is 0 Å². The summed E-state index contributed by atoms with van der Waals surface area (Å²) in [4.78, 5) is 21.5. The van der Waals surface area contributed by atoms with Gasteiger partial charge in [0.05, 0.1) is 0 Å². The van der Waals surface area contributed by atoms with E-state index < -0.39 is 6.23 Å². The molecule has 0 aliphatic carbocycles. The Labute approximate surface area is 101 Å². The maximum absolute atomic E-state index is 11.5. The van der Waals surface area contributed by atoms with E-state index in [1.165, 1.54) is 0 Å². The number of hydrogen-bond donors (Lipinski definition) is 1. The van der Waals surface area contributed by atoms with E-state index in [-0.39, 0.29) is 5.78 Å². The molecular weight excluding hydrogens is 218 g/mol. The molecular formula is C13H17NO3. The standard InChI is InChI=1S/C13H17NO3/c14-13(17-10-15)9-8-12(16)7-6-11-4-2-1-3-5-11/h1-5,10,13H,6-9,14H2. The van der Waals surface area contributed by atoms with Crippen molar-refractivity contribution in [2.24, 2.45) is 5.73 Å². The molecule has 1 atom stereocenters. The van der Waals surface area contributed by atoms with Gasteiger partial charge in [-0.2, -0.15) is 0 Å². The number of rotatable bonds is 8. The highest BCUT2D eigenvalue weighted by Gasteiger charge is 2.07. The van der Waals surface area contributed by atoms with E-state index >= 15 is 0 Å². The summed E-state index contributed by atoms with van der Waals surface area (Å²) in [6.07, 6.45) is 1.29. The Bertz CT molecular complexity index is 351. The van der Waals surface area contributed by atoms with Gasteiger partial charge in [-0.05, 0) is 12.0 Å². The molecule has 0 fully saturated rings. The second-order valence-electron chi connectivity index (χ2n) is 3.83. The first kappa shape index (κ1) is 13.4. The van der Waals surface area contributed by atoms with Gasteiger partial charge in [0.1, 0.15) is 5.78 Å². The van der Waals surface area contributed by atoms with Crippen LogP contribution in [0.5, 0.6) is 0 Å². The first-order valence-electron chi connectivity index (χ1n) is 5.62. The van der Waals surface area contributed by atoms with E-state index in [9.17, 15) is 9.59 Å². The predicted molar refractivity (Wildman–Crippen MR) is 64.1 cm³/mol. The maximum Gasteiger partial charge on any atom is 0.294 e. The second-order valence-corrected chi connectivity index (χ2v) is 3.83. The number of ether oxygens (including phenoxy) is 1. The summed E-state index contributed by atoms with van der Waals surface area (Å²) >= 11 is 0. The van der Waals surface area contributed by atoms with Crippen LogP contribution < -0.4 is 5.73 Å². The van der Waals surface area contributed by atoms with Crippen LogP contribution in [0.4, 0.5) is 0 Å². The quantitative estimate of drug-likeness (QED) is 0.546. The van der Waals surface area contributed by atoms with E-state index in [2.05, 4.69) is 4.74 Å². The Morgan fingerprint density at radius 2 is 2.00 bits per heavy atom. The molecule has 0 aromatic heterocycles. The number of carbonyl (C=O) groups is 2. The van der Waals surface area contributed by atoms with Gasteiger partial charge in [0, 0.05) is 19.3 Å². The second kappa shape index (κ2) is 7.57. The van der Waals surface area contributed by atoms with E-state index in [1.807, 2.05) is 30.3 Å². The third kappa shape index (κ3) is 5.82. The number of benzene rings is 1. The first-order chi connectivity index (χ1) is 8.22. The molecule has 0 bridgehead atoms. The molecule has 0 spiro atoms. The van der Waals surface area contributed by atoms with Crippen LogP contribution in [0.25, 0.3) is 0 Å². The Morgan fingerprint density at radius 1 is 1.29 bits per heavy atom. The van der Waals surface area contributed by atoms with E-state index in [1.54, 1.807) is 0 Å². The van der Waals surface area contributed by atoms with E-state index in [0.717, 1.165) is 12.0 Å². The van der Waals surface area contributed by atoms with E-state index in [4.69, 9.17) is 5.73 Å². The van der Waals surface area contributed by atoms with Crippen LogP contribution in [0.3, 0.4) is 0 Å². The van der Waals surface area contributed by atoms with Crippen molar-refractivity contribution in [3.05, 3.63) is 35.9 Å². The molecule has 92 valence electrons. The monoisotopic (exact) mass is 235 g/mol. The predicted octanol–water partition coefficient (Wildman–Crippen LogP) is 1.43. The number of carbonyl (C=O) groups excluding carboxylic acids is 2. The highest BCUT2D eigenvalue weighted by Crippen LogP contribution is 2.06. The Kier molecular flexibility index (Phi) is 5.96. The van der Waals surface area contributed by atoms with Crippen LogP contribution in [0.1, 0.15) is 24.8 Å². The Balaban J connectivity index is 2.19. The molecule has 4 heteroatoms. The fraction of sp³-hybridized carbons (Fsp3) is 0.385. The summed E-state index contributed by atoms with van der Waals surface area (Å²) in [5.74, 6) is 0.138. The van der Waals surface area contributed by atoms with Gasteiger partial charge < -0.3 is 4.74 Å². The van der Waals surface area contributed by atoms with Crippen molar-refractivity contribution >= 4 is 12.3 Å². The fourth-order valence-electron chi connectivity index (χ4n) is 1.50. The molecule has 0 aliphatic rings. The lowest BCUT2D eigenvalue weighted by Crippen LogP contribution is -2.24. The average molecular weight is 235 g/mol. The molecule has 0 saturated heterocycles. The van der Waals surface area contributed by atoms with Crippen LogP contribution in [-0.4, -0.2) is 18.5 Å². The van der Waals surface area contributed by atoms with Gasteiger partial charge in [0.25, 0.3) is 6.47 Å². The summed E-state index contributed by atoms with van der Waals surface area (Å²) in [5.41, 5.74) is 6.58. The van der Waals surface area contributed by atoms with Crippen molar-refractivity contribution in [3.8, 4) is 0 Å². The zero-order chi connectivity index (χ0) is 12.5. The lowest BCUT2D eigenvalue weighted by Gasteiger charge is -2.08. The number of hydrogen-bond acceptors (Lipinski definition) is 4. The number of aryl methyl sites for hydroxylation is 1. The van der Waals surface area contributed by atoms with Gasteiger partial charge in [-0.25, -0.2) is 0 Å². The summed E-state index contributed by atoms with van der Waals surface area (Å²) in [6.45, 7) is 0.305. The Hall–Kier alpha value is -1.68. The molecule has 0 heterocycles. The molecule has 1 rings (SSSR count). The number of ketones is 1. The molecule has 4 nitrogen and oxygen atoms in total. The van der Waals surface area contributed by atoms with Gasteiger partial charge >= 0.3 is 0 Å². The van der Waals surface area contributed by atoms with Crippen LogP contribution >= 0.6 is 0 Å². The largest absolute Gasteiger partial charge is 0.449 e. The zero-order valence-electron chi connectivity index (χ0n) is 9.67. The molecule has 0 aliphatic heterocycles. The first-order valence-corrected chi connectivity index (χ1v) is 5.62. The molecule has 1 unspecified atom stereocenters.